The van der Waals surface area contributed by atoms with Crippen molar-refractivity contribution in [2.75, 3.05) is 20.3 Å². The van der Waals surface area contributed by atoms with Gasteiger partial charge in [-0.25, -0.2) is 0 Å². The van der Waals surface area contributed by atoms with Crippen LogP contribution in [-0.4, -0.2) is 41.5 Å². The number of para-hydroxylation sites is 1. The summed E-state index contributed by atoms with van der Waals surface area (Å²) in [5, 5.41) is 7.08. The average Bonchev–Trinajstić information content (AvgIpc) is 3.21. The summed E-state index contributed by atoms with van der Waals surface area (Å²) in [7, 11) is 1.72. The topological polar surface area (TPSA) is 50.4 Å². The molecule has 0 radical (unpaired) electrons. The molecule has 0 aliphatic carbocycles. The highest BCUT2D eigenvalue weighted by Crippen LogP contribution is 2.22. The second-order valence-corrected chi connectivity index (χ2v) is 5.70. The molecule has 1 saturated heterocycles. The maximum atomic E-state index is 5.80. The minimum atomic E-state index is 0.331. The van der Waals surface area contributed by atoms with E-state index < -0.39 is 0 Å². The summed E-state index contributed by atoms with van der Waals surface area (Å²) in [4.78, 5) is 2.39. The van der Waals surface area contributed by atoms with E-state index in [4.69, 9.17) is 9.47 Å². The molecule has 1 fully saturated rings. The van der Waals surface area contributed by atoms with E-state index in [1.165, 1.54) is 5.56 Å². The van der Waals surface area contributed by atoms with Crippen molar-refractivity contribution in [3.8, 4) is 5.75 Å². The van der Waals surface area contributed by atoms with Gasteiger partial charge in [0.1, 0.15) is 5.75 Å². The van der Waals surface area contributed by atoms with Gasteiger partial charge in [0.25, 0.3) is 0 Å². The third-order valence-electron chi connectivity index (χ3n) is 4.02. The molecule has 0 bridgehead atoms. The molecule has 0 unspecified atom stereocenters. The van der Waals surface area contributed by atoms with Gasteiger partial charge < -0.3 is 9.47 Å². The van der Waals surface area contributed by atoms with Gasteiger partial charge in [-0.2, -0.15) is 5.10 Å². The van der Waals surface area contributed by atoms with Crippen molar-refractivity contribution in [1.29, 1.82) is 0 Å². The lowest BCUT2D eigenvalue weighted by atomic mass is 10.1. The third-order valence-corrected chi connectivity index (χ3v) is 4.02. The number of rotatable bonds is 7. The maximum absolute atomic E-state index is 5.80. The summed E-state index contributed by atoms with van der Waals surface area (Å²) in [5.74, 6) is 0.935. The van der Waals surface area contributed by atoms with Crippen molar-refractivity contribution >= 4 is 0 Å². The first kappa shape index (κ1) is 15.1. The second-order valence-electron chi connectivity index (χ2n) is 5.70. The number of H-pyrrole nitrogens is 1. The van der Waals surface area contributed by atoms with Crippen LogP contribution >= 0.6 is 0 Å². The van der Waals surface area contributed by atoms with Crippen molar-refractivity contribution < 1.29 is 9.47 Å². The Morgan fingerprint density at radius 1 is 1.32 bits per heavy atom. The van der Waals surface area contributed by atoms with E-state index in [2.05, 4.69) is 27.2 Å². The molecule has 2 heterocycles. The zero-order chi connectivity index (χ0) is 15.2. The molecule has 1 aliphatic heterocycles. The molecular weight excluding hydrogens is 278 g/mol. The summed E-state index contributed by atoms with van der Waals surface area (Å²) >= 11 is 0. The van der Waals surface area contributed by atoms with Gasteiger partial charge in [-0.15, -0.1) is 0 Å². The molecule has 0 spiro atoms. The minimum absolute atomic E-state index is 0.331. The van der Waals surface area contributed by atoms with Gasteiger partial charge in [0.15, 0.2) is 0 Å². The number of ether oxygens (including phenoxy) is 2. The number of methoxy groups -OCH3 is 1. The van der Waals surface area contributed by atoms with Crippen LogP contribution in [0.15, 0.2) is 36.5 Å². The van der Waals surface area contributed by atoms with Gasteiger partial charge >= 0.3 is 0 Å². The maximum Gasteiger partial charge on any atom is 0.123 e. The molecule has 1 aromatic carbocycles. The Labute approximate surface area is 131 Å². The van der Waals surface area contributed by atoms with E-state index in [0.717, 1.165) is 50.5 Å². The lowest BCUT2D eigenvalue weighted by Gasteiger charge is -2.25. The molecule has 1 aromatic heterocycles. The molecule has 0 saturated carbocycles. The van der Waals surface area contributed by atoms with E-state index in [1.54, 1.807) is 13.3 Å². The summed E-state index contributed by atoms with van der Waals surface area (Å²) < 4.78 is 11.3. The Bertz CT molecular complexity index is 565. The Hall–Kier alpha value is -1.85. The van der Waals surface area contributed by atoms with Crippen LogP contribution in [0.2, 0.25) is 0 Å². The largest absolute Gasteiger partial charge is 0.496 e. The van der Waals surface area contributed by atoms with Crippen molar-refractivity contribution in [2.24, 2.45) is 0 Å². The van der Waals surface area contributed by atoms with Crippen molar-refractivity contribution in [3.63, 3.8) is 0 Å². The molecule has 22 heavy (non-hydrogen) atoms. The van der Waals surface area contributed by atoms with E-state index in [1.807, 2.05) is 18.2 Å². The van der Waals surface area contributed by atoms with Gasteiger partial charge in [0.05, 0.1) is 13.2 Å². The van der Waals surface area contributed by atoms with Gasteiger partial charge in [-0.05, 0) is 25.0 Å². The van der Waals surface area contributed by atoms with Gasteiger partial charge in [0, 0.05) is 43.7 Å². The minimum Gasteiger partial charge on any atom is -0.496 e. The molecule has 118 valence electrons. The predicted octanol–water partition coefficient (Wildman–Crippen LogP) is 2.60. The summed E-state index contributed by atoms with van der Waals surface area (Å²) in [6, 6.07) is 10.2. The molecule has 1 atom stereocenters. The van der Waals surface area contributed by atoms with E-state index in [0.29, 0.717) is 6.10 Å². The molecular formula is C17H23N3O2. The number of aromatic amines is 1. The SMILES string of the molecule is COc1ccccc1CN(Cc1ccn[nH]1)C[C@@H]1CCCO1. The van der Waals surface area contributed by atoms with Crippen molar-refractivity contribution in [3.05, 3.63) is 47.8 Å². The van der Waals surface area contributed by atoms with E-state index in [9.17, 15) is 0 Å². The number of benzene rings is 1. The molecule has 5 heteroatoms. The van der Waals surface area contributed by atoms with Gasteiger partial charge in [-0.3, -0.25) is 10.00 Å². The number of hydrogen-bond donors (Lipinski definition) is 1. The van der Waals surface area contributed by atoms with Gasteiger partial charge in [0.2, 0.25) is 0 Å². The Morgan fingerprint density at radius 2 is 2.23 bits per heavy atom. The molecule has 1 aliphatic rings. The fourth-order valence-electron chi connectivity index (χ4n) is 2.95. The first-order chi connectivity index (χ1) is 10.8. The van der Waals surface area contributed by atoms with E-state index in [-0.39, 0.29) is 0 Å². The molecule has 5 nitrogen and oxygen atoms in total. The van der Waals surface area contributed by atoms with Crippen molar-refractivity contribution in [2.45, 2.75) is 32.0 Å². The van der Waals surface area contributed by atoms with E-state index >= 15 is 0 Å². The smallest absolute Gasteiger partial charge is 0.123 e. The normalized spacial score (nSPS) is 18.0. The Kier molecular flexibility index (Phi) is 5.08. The zero-order valence-corrected chi connectivity index (χ0v) is 13.0. The first-order valence-corrected chi connectivity index (χ1v) is 7.79. The summed E-state index contributed by atoms with van der Waals surface area (Å²) in [6.45, 7) is 3.48. The van der Waals surface area contributed by atoms with Crippen LogP contribution in [0.25, 0.3) is 0 Å². The lowest BCUT2D eigenvalue weighted by Crippen LogP contribution is -2.31. The summed E-state index contributed by atoms with van der Waals surface area (Å²) in [6.07, 6.45) is 4.43. The summed E-state index contributed by atoms with van der Waals surface area (Å²) in [5.41, 5.74) is 2.32. The number of aromatic nitrogens is 2. The number of nitrogens with one attached hydrogen (secondary N) is 1. The highest BCUT2D eigenvalue weighted by atomic mass is 16.5. The fourth-order valence-corrected chi connectivity index (χ4v) is 2.95. The number of nitrogens with zero attached hydrogens (tertiary/aromatic N) is 2. The fraction of sp³-hybridized carbons (Fsp3) is 0.471. The van der Waals surface area contributed by atoms with Crippen LogP contribution in [-0.2, 0) is 17.8 Å². The molecule has 3 rings (SSSR count). The third kappa shape index (κ3) is 3.87. The molecule has 1 N–H and O–H groups in total. The van der Waals surface area contributed by atoms with Crippen LogP contribution in [0.3, 0.4) is 0 Å². The van der Waals surface area contributed by atoms with Crippen LogP contribution in [0.1, 0.15) is 24.1 Å². The lowest BCUT2D eigenvalue weighted by molar-refractivity contribution is 0.0672. The monoisotopic (exact) mass is 301 g/mol. The zero-order valence-electron chi connectivity index (χ0n) is 13.0. The Morgan fingerprint density at radius 3 is 2.95 bits per heavy atom. The Balaban J connectivity index is 1.71. The van der Waals surface area contributed by atoms with Crippen LogP contribution in [0.4, 0.5) is 0 Å². The predicted molar refractivity (Wildman–Crippen MR) is 84.7 cm³/mol. The standard InChI is InChI=1S/C17H23N3O2/c1-21-17-7-3-2-5-14(17)11-20(12-15-8-9-18-19-15)13-16-6-4-10-22-16/h2-3,5,7-9,16H,4,6,10-13H2,1H3,(H,18,19)/t16-/m0/s1. The quantitative estimate of drug-likeness (QED) is 0.854. The van der Waals surface area contributed by atoms with Gasteiger partial charge in [-0.1, -0.05) is 18.2 Å². The second kappa shape index (κ2) is 7.42. The first-order valence-electron chi connectivity index (χ1n) is 7.79. The average molecular weight is 301 g/mol. The highest BCUT2D eigenvalue weighted by molar-refractivity contribution is 5.33. The molecule has 0 amide bonds. The van der Waals surface area contributed by atoms with Crippen LogP contribution < -0.4 is 4.74 Å². The molecule has 2 aromatic rings. The van der Waals surface area contributed by atoms with Crippen molar-refractivity contribution in [1.82, 2.24) is 15.1 Å². The van der Waals surface area contributed by atoms with Crippen LogP contribution in [0, 0.1) is 0 Å². The number of hydrogen-bond acceptors (Lipinski definition) is 4. The van der Waals surface area contributed by atoms with Crippen LogP contribution in [0.5, 0.6) is 5.75 Å². The highest BCUT2D eigenvalue weighted by Gasteiger charge is 2.20.